The van der Waals surface area contributed by atoms with Gasteiger partial charge in [0.1, 0.15) is 0 Å². The fraction of sp³-hybridized carbons (Fsp3) is 1.00. The van der Waals surface area contributed by atoms with E-state index in [0.29, 0.717) is 5.54 Å². The molecule has 1 aliphatic heterocycles. The average Bonchev–Trinajstić information content (AvgIpc) is 2.02. The topological polar surface area (TPSA) is 6.48 Å². The van der Waals surface area contributed by atoms with Crippen molar-refractivity contribution in [3.63, 3.8) is 0 Å². The molecule has 0 bridgehead atoms. The molecule has 12 heavy (non-hydrogen) atoms. The van der Waals surface area contributed by atoms with E-state index in [9.17, 15) is 0 Å². The fourth-order valence-corrected chi connectivity index (χ4v) is 2.35. The quantitative estimate of drug-likeness (QED) is 0.580. The van der Waals surface area contributed by atoms with Crippen LogP contribution in [0.25, 0.3) is 0 Å². The first kappa shape index (κ1) is 8.52. The van der Waals surface area contributed by atoms with Crippen molar-refractivity contribution >= 4 is 0 Å². The molecule has 0 aromatic carbocycles. The Bertz CT molecular complexity index is 155. The van der Waals surface area contributed by atoms with Gasteiger partial charge < -0.3 is 4.90 Å². The van der Waals surface area contributed by atoms with E-state index < -0.39 is 0 Å². The van der Waals surface area contributed by atoms with Crippen molar-refractivity contribution < 1.29 is 0 Å². The van der Waals surface area contributed by atoms with Crippen LogP contribution in [-0.4, -0.2) is 48.6 Å². The summed E-state index contributed by atoms with van der Waals surface area (Å²) in [5, 5.41) is 0. The Balaban J connectivity index is 1.88. The van der Waals surface area contributed by atoms with E-state index in [4.69, 9.17) is 0 Å². The molecule has 0 amide bonds. The maximum Gasteiger partial charge on any atom is 0.0182 e. The molecule has 2 heteroatoms. The van der Waals surface area contributed by atoms with Gasteiger partial charge in [0.25, 0.3) is 0 Å². The normalized spacial score (nSPS) is 31.5. The number of likely N-dealkylation sites (N-methyl/N-ethyl adjacent to an activating group) is 1. The minimum atomic E-state index is 0.585. The van der Waals surface area contributed by atoms with Gasteiger partial charge in [-0.3, -0.25) is 4.90 Å². The van der Waals surface area contributed by atoms with Crippen LogP contribution < -0.4 is 0 Å². The summed E-state index contributed by atoms with van der Waals surface area (Å²) in [6.45, 7) is 7.52. The van der Waals surface area contributed by atoms with Gasteiger partial charge in [-0.15, -0.1) is 0 Å². The molecule has 0 atom stereocenters. The molecule has 2 fully saturated rings. The number of nitrogens with zero attached hydrogens (tertiary/aromatic N) is 2. The van der Waals surface area contributed by atoms with Crippen LogP contribution in [0.2, 0.25) is 0 Å². The largest absolute Gasteiger partial charge is 0.304 e. The first-order chi connectivity index (χ1) is 5.71. The third-order valence-electron chi connectivity index (χ3n) is 3.70. The molecule has 0 unspecified atom stereocenters. The van der Waals surface area contributed by atoms with Crippen molar-refractivity contribution in [2.45, 2.75) is 31.7 Å². The van der Waals surface area contributed by atoms with Gasteiger partial charge in [-0.05, 0) is 33.2 Å². The summed E-state index contributed by atoms with van der Waals surface area (Å²) < 4.78 is 0. The lowest BCUT2D eigenvalue weighted by molar-refractivity contribution is -0.000346. The van der Waals surface area contributed by atoms with Crippen LogP contribution in [0.1, 0.15) is 26.2 Å². The molecular formula is C10H20N2. The molecule has 2 aliphatic rings. The summed E-state index contributed by atoms with van der Waals surface area (Å²) in [5.41, 5.74) is 0.585. The Morgan fingerprint density at radius 1 is 1.00 bits per heavy atom. The smallest absolute Gasteiger partial charge is 0.0182 e. The van der Waals surface area contributed by atoms with Gasteiger partial charge in [0.2, 0.25) is 0 Å². The second-order valence-corrected chi connectivity index (χ2v) is 4.64. The number of hydrogen-bond acceptors (Lipinski definition) is 2. The van der Waals surface area contributed by atoms with E-state index >= 15 is 0 Å². The van der Waals surface area contributed by atoms with E-state index in [1.54, 1.807) is 0 Å². The van der Waals surface area contributed by atoms with Crippen molar-refractivity contribution in [3.8, 4) is 0 Å². The number of piperazine rings is 1. The highest BCUT2D eigenvalue weighted by atomic mass is 15.3. The van der Waals surface area contributed by atoms with Gasteiger partial charge in [0.05, 0.1) is 0 Å². The van der Waals surface area contributed by atoms with Crippen LogP contribution in [0.4, 0.5) is 0 Å². The van der Waals surface area contributed by atoms with Crippen LogP contribution >= 0.6 is 0 Å². The third kappa shape index (κ3) is 1.38. The average molecular weight is 168 g/mol. The maximum absolute atomic E-state index is 2.69. The number of hydrogen-bond donors (Lipinski definition) is 0. The molecule has 70 valence electrons. The minimum absolute atomic E-state index is 0.585. The van der Waals surface area contributed by atoms with Gasteiger partial charge >= 0.3 is 0 Å². The zero-order valence-electron chi connectivity index (χ0n) is 8.34. The monoisotopic (exact) mass is 168 g/mol. The molecule has 0 radical (unpaired) electrons. The van der Waals surface area contributed by atoms with Gasteiger partial charge in [0.15, 0.2) is 0 Å². The zero-order chi connectivity index (χ0) is 8.60. The van der Waals surface area contributed by atoms with E-state index in [1.165, 1.54) is 45.4 Å². The molecule has 2 nitrogen and oxygen atoms in total. The predicted molar refractivity (Wildman–Crippen MR) is 51.3 cm³/mol. The Morgan fingerprint density at radius 2 is 1.58 bits per heavy atom. The summed E-state index contributed by atoms with van der Waals surface area (Å²) in [6.07, 6.45) is 4.30. The van der Waals surface area contributed by atoms with Crippen molar-refractivity contribution in [1.29, 1.82) is 0 Å². The standard InChI is InChI=1S/C10H20N2/c1-10(4-3-5-10)12-8-6-11(2)7-9-12/h3-9H2,1-2H3. The van der Waals surface area contributed by atoms with Crippen LogP contribution in [-0.2, 0) is 0 Å². The molecule has 1 heterocycles. The SMILES string of the molecule is CN1CCN(C2(C)CCC2)CC1. The van der Waals surface area contributed by atoms with E-state index in [0.717, 1.165) is 0 Å². The Hall–Kier alpha value is -0.0800. The first-order valence-corrected chi connectivity index (χ1v) is 5.14. The Morgan fingerprint density at radius 3 is 2.00 bits per heavy atom. The number of rotatable bonds is 1. The third-order valence-corrected chi connectivity index (χ3v) is 3.70. The Kier molecular flexibility index (Phi) is 2.13. The van der Waals surface area contributed by atoms with E-state index in [2.05, 4.69) is 23.8 Å². The molecule has 1 saturated heterocycles. The van der Waals surface area contributed by atoms with Crippen LogP contribution in [0.3, 0.4) is 0 Å². The van der Waals surface area contributed by atoms with Crippen molar-refractivity contribution in [1.82, 2.24) is 9.80 Å². The van der Waals surface area contributed by atoms with Gasteiger partial charge in [-0.25, -0.2) is 0 Å². The predicted octanol–water partition coefficient (Wildman–Crippen LogP) is 1.18. The van der Waals surface area contributed by atoms with Crippen molar-refractivity contribution in [2.75, 3.05) is 33.2 Å². The summed E-state index contributed by atoms with van der Waals surface area (Å²) in [4.78, 5) is 5.12. The van der Waals surface area contributed by atoms with Crippen LogP contribution in [0, 0.1) is 0 Å². The lowest BCUT2D eigenvalue weighted by Crippen LogP contribution is -2.58. The lowest BCUT2D eigenvalue weighted by atomic mass is 9.77. The maximum atomic E-state index is 2.69. The minimum Gasteiger partial charge on any atom is -0.304 e. The molecule has 0 N–H and O–H groups in total. The molecule has 0 aromatic heterocycles. The summed E-state index contributed by atoms with van der Waals surface area (Å²) in [5.74, 6) is 0. The summed E-state index contributed by atoms with van der Waals surface area (Å²) >= 11 is 0. The second kappa shape index (κ2) is 3.00. The second-order valence-electron chi connectivity index (χ2n) is 4.64. The van der Waals surface area contributed by atoms with E-state index in [1.807, 2.05) is 0 Å². The van der Waals surface area contributed by atoms with Crippen LogP contribution in [0.15, 0.2) is 0 Å². The van der Waals surface area contributed by atoms with Gasteiger partial charge in [-0.1, -0.05) is 0 Å². The highest BCUT2D eigenvalue weighted by molar-refractivity contribution is 4.95. The van der Waals surface area contributed by atoms with Crippen molar-refractivity contribution in [2.24, 2.45) is 0 Å². The molecule has 1 saturated carbocycles. The highest BCUT2D eigenvalue weighted by Crippen LogP contribution is 2.37. The molecule has 0 aromatic rings. The summed E-state index contributed by atoms with van der Waals surface area (Å²) in [6, 6.07) is 0. The van der Waals surface area contributed by atoms with Crippen molar-refractivity contribution in [3.05, 3.63) is 0 Å². The molecule has 0 spiro atoms. The molecular weight excluding hydrogens is 148 g/mol. The van der Waals surface area contributed by atoms with Crippen LogP contribution in [0.5, 0.6) is 0 Å². The van der Waals surface area contributed by atoms with E-state index in [-0.39, 0.29) is 0 Å². The first-order valence-electron chi connectivity index (χ1n) is 5.14. The molecule has 2 rings (SSSR count). The highest BCUT2D eigenvalue weighted by Gasteiger charge is 2.38. The Labute approximate surface area is 75.5 Å². The van der Waals surface area contributed by atoms with Gasteiger partial charge in [0, 0.05) is 31.7 Å². The fourth-order valence-electron chi connectivity index (χ4n) is 2.35. The lowest BCUT2D eigenvalue weighted by Gasteiger charge is -2.50. The summed E-state index contributed by atoms with van der Waals surface area (Å²) in [7, 11) is 2.22. The van der Waals surface area contributed by atoms with Gasteiger partial charge in [-0.2, -0.15) is 0 Å². The zero-order valence-corrected chi connectivity index (χ0v) is 8.34. The molecule has 1 aliphatic carbocycles.